The van der Waals surface area contributed by atoms with Crippen LogP contribution in [0.3, 0.4) is 0 Å². The van der Waals surface area contributed by atoms with E-state index in [0.717, 1.165) is 18.9 Å². The predicted octanol–water partition coefficient (Wildman–Crippen LogP) is 1.63. The third-order valence-corrected chi connectivity index (χ3v) is 2.96. The summed E-state index contributed by atoms with van der Waals surface area (Å²) in [4.78, 5) is 2.45. The fourth-order valence-corrected chi connectivity index (χ4v) is 1.88. The second-order valence-corrected chi connectivity index (χ2v) is 4.58. The zero-order valence-corrected chi connectivity index (χ0v) is 9.82. The molecule has 1 fully saturated rings. The first kappa shape index (κ1) is 12.3. The highest BCUT2D eigenvalue weighted by molar-refractivity contribution is 5.80. The molecule has 88 valence electrons. The Hall–Kier alpha value is -0.770. The Kier molecular flexibility index (Phi) is 4.88. The van der Waals surface area contributed by atoms with Crippen molar-refractivity contribution in [3.63, 3.8) is 0 Å². The monoisotopic (exact) mass is 213 g/mol. The van der Waals surface area contributed by atoms with Crippen LogP contribution in [0, 0.1) is 5.92 Å². The summed E-state index contributed by atoms with van der Waals surface area (Å²) in [6, 6.07) is 0.376. The maximum Gasteiger partial charge on any atom is 0.140 e. The van der Waals surface area contributed by atoms with E-state index in [-0.39, 0.29) is 0 Å². The Labute approximate surface area is 92.1 Å². The Morgan fingerprint density at radius 2 is 2.27 bits per heavy atom. The standard InChI is InChI=1S/C11H23N3O/c1-3-6-14(8-10-4-5-10)9(2)7-11(12)13-15/h9-10,15H,3-8H2,1-2H3,(H2,12,13). The van der Waals surface area contributed by atoms with E-state index in [1.165, 1.54) is 19.4 Å². The number of nitrogens with two attached hydrogens (primary N) is 1. The molecule has 0 bridgehead atoms. The normalized spacial score (nSPS) is 19.5. The van der Waals surface area contributed by atoms with Gasteiger partial charge in [0.25, 0.3) is 0 Å². The molecule has 3 N–H and O–H groups in total. The molecule has 1 atom stereocenters. The number of hydrogen-bond acceptors (Lipinski definition) is 3. The number of oxime groups is 1. The van der Waals surface area contributed by atoms with Gasteiger partial charge >= 0.3 is 0 Å². The largest absolute Gasteiger partial charge is 0.409 e. The van der Waals surface area contributed by atoms with Gasteiger partial charge in [0.2, 0.25) is 0 Å². The summed E-state index contributed by atoms with van der Waals surface area (Å²) in [6.45, 7) is 6.62. The number of amidine groups is 1. The highest BCUT2D eigenvalue weighted by atomic mass is 16.4. The van der Waals surface area contributed by atoms with Crippen LogP contribution in [0.5, 0.6) is 0 Å². The highest BCUT2D eigenvalue weighted by Gasteiger charge is 2.26. The lowest BCUT2D eigenvalue weighted by molar-refractivity contribution is 0.202. The molecule has 0 heterocycles. The summed E-state index contributed by atoms with van der Waals surface area (Å²) in [5, 5.41) is 11.6. The first-order chi connectivity index (χ1) is 7.17. The smallest absolute Gasteiger partial charge is 0.140 e. The first-order valence-electron chi connectivity index (χ1n) is 5.87. The molecule has 1 aliphatic carbocycles. The molecule has 0 aliphatic heterocycles. The Morgan fingerprint density at radius 3 is 2.73 bits per heavy atom. The van der Waals surface area contributed by atoms with E-state index in [2.05, 4.69) is 23.9 Å². The molecule has 0 aromatic heterocycles. The van der Waals surface area contributed by atoms with Crippen molar-refractivity contribution >= 4 is 5.84 Å². The average molecular weight is 213 g/mol. The molecule has 1 rings (SSSR count). The van der Waals surface area contributed by atoms with Gasteiger partial charge in [0.15, 0.2) is 0 Å². The van der Waals surface area contributed by atoms with Gasteiger partial charge in [-0.1, -0.05) is 12.1 Å². The van der Waals surface area contributed by atoms with Crippen LogP contribution >= 0.6 is 0 Å². The van der Waals surface area contributed by atoms with E-state index in [0.29, 0.717) is 18.3 Å². The Morgan fingerprint density at radius 1 is 1.60 bits per heavy atom. The summed E-state index contributed by atoms with van der Waals surface area (Å²) in [6.07, 6.45) is 4.56. The van der Waals surface area contributed by atoms with Gasteiger partial charge in [-0.2, -0.15) is 0 Å². The van der Waals surface area contributed by atoms with E-state index >= 15 is 0 Å². The molecule has 0 spiro atoms. The summed E-state index contributed by atoms with van der Waals surface area (Å²) in [7, 11) is 0. The lowest BCUT2D eigenvalue weighted by atomic mass is 10.1. The highest BCUT2D eigenvalue weighted by Crippen LogP contribution is 2.30. The van der Waals surface area contributed by atoms with Crippen molar-refractivity contribution in [2.45, 2.75) is 45.6 Å². The molecule has 1 unspecified atom stereocenters. The van der Waals surface area contributed by atoms with Crippen LogP contribution in [-0.4, -0.2) is 35.1 Å². The minimum Gasteiger partial charge on any atom is -0.409 e. The molecule has 1 aliphatic rings. The van der Waals surface area contributed by atoms with Gasteiger partial charge in [0, 0.05) is 19.0 Å². The summed E-state index contributed by atoms with van der Waals surface area (Å²) >= 11 is 0. The molecule has 15 heavy (non-hydrogen) atoms. The lowest BCUT2D eigenvalue weighted by Gasteiger charge is -2.28. The number of nitrogens with zero attached hydrogens (tertiary/aromatic N) is 2. The van der Waals surface area contributed by atoms with Gasteiger partial charge in [-0.15, -0.1) is 0 Å². The average Bonchev–Trinajstić information content (AvgIpc) is 3.00. The quantitative estimate of drug-likeness (QED) is 0.292. The molecular weight excluding hydrogens is 190 g/mol. The van der Waals surface area contributed by atoms with E-state index in [1.807, 2.05) is 0 Å². The van der Waals surface area contributed by atoms with Crippen molar-refractivity contribution in [3.05, 3.63) is 0 Å². The predicted molar refractivity (Wildman–Crippen MR) is 62.1 cm³/mol. The third-order valence-electron chi connectivity index (χ3n) is 2.96. The SMILES string of the molecule is CCCN(CC1CC1)C(C)C/C(N)=N/O. The van der Waals surface area contributed by atoms with Crippen molar-refractivity contribution < 1.29 is 5.21 Å². The van der Waals surface area contributed by atoms with Crippen molar-refractivity contribution in [3.8, 4) is 0 Å². The fourth-order valence-electron chi connectivity index (χ4n) is 1.88. The summed E-state index contributed by atoms with van der Waals surface area (Å²) < 4.78 is 0. The maximum atomic E-state index is 8.53. The molecule has 0 radical (unpaired) electrons. The Balaban J connectivity index is 2.37. The topological polar surface area (TPSA) is 61.8 Å². The van der Waals surface area contributed by atoms with Gasteiger partial charge in [-0.25, -0.2) is 0 Å². The number of hydrogen-bond donors (Lipinski definition) is 2. The van der Waals surface area contributed by atoms with Gasteiger partial charge < -0.3 is 10.9 Å². The molecule has 0 aromatic rings. The minimum atomic E-state index is 0.333. The molecule has 0 saturated heterocycles. The van der Waals surface area contributed by atoms with Crippen LogP contribution in [0.1, 0.15) is 39.5 Å². The van der Waals surface area contributed by atoms with Gasteiger partial charge in [0.05, 0.1) is 0 Å². The van der Waals surface area contributed by atoms with Crippen molar-refractivity contribution in [2.24, 2.45) is 16.8 Å². The zero-order chi connectivity index (χ0) is 11.3. The van der Waals surface area contributed by atoms with Crippen LogP contribution in [0.4, 0.5) is 0 Å². The Bertz CT molecular complexity index is 214. The molecule has 1 saturated carbocycles. The van der Waals surface area contributed by atoms with E-state index < -0.39 is 0 Å². The van der Waals surface area contributed by atoms with Crippen LogP contribution in [0.25, 0.3) is 0 Å². The van der Waals surface area contributed by atoms with Crippen LogP contribution in [0.2, 0.25) is 0 Å². The van der Waals surface area contributed by atoms with Crippen molar-refractivity contribution in [2.75, 3.05) is 13.1 Å². The third kappa shape index (κ3) is 4.51. The van der Waals surface area contributed by atoms with Crippen molar-refractivity contribution in [1.82, 2.24) is 4.90 Å². The number of rotatable bonds is 7. The van der Waals surface area contributed by atoms with Crippen LogP contribution in [-0.2, 0) is 0 Å². The lowest BCUT2D eigenvalue weighted by Crippen LogP contribution is -2.38. The molecule has 4 heteroatoms. The first-order valence-corrected chi connectivity index (χ1v) is 5.87. The van der Waals surface area contributed by atoms with Crippen molar-refractivity contribution in [1.29, 1.82) is 0 Å². The zero-order valence-electron chi connectivity index (χ0n) is 9.82. The van der Waals surface area contributed by atoms with E-state index in [1.54, 1.807) is 0 Å². The molecule has 0 aromatic carbocycles. The van der Waals surface area contributed by atoms with Crippen LogP contribution < -0.4 is 5.73 Å². The van der Waals surface area contributed by atoms with Gasteiger partial charge in [0.1, 0.15) is 5.84 Å². The molecular formula is C11H23N3O. The fraction of sp³-hybridized carbons (Fsp3) is 0.909. The maximum absolute atomic E-state index is 8.53. The second-order valence-electron chi connectivity index (χ2n) is 4.58. The second kappa shape index (κ2) is 5.95. The minimum absolute atomic E-state index is 0.333. The van der Waals surface area contributed by atoms with Crippen LogP contribution in [0.15, 0.2) is 5.16 Å². The molecule has 4 nitrogen and oxygen atoms in total. The van der Waals surface area contributed by atoms with Gasteiger partial charge in [-0.05, 0) is 38.6 Å². The van der Waals surface area contributed by atoms with E-state index in [9.17, 15) is 0 Å². The van der Waals surface area contributed by atoms with E-state index in [4.69, 9.17) is 10.9 Å². The molecule has 0 amide bonds. The van der Waals surface area contributed by atoms with Gasteiger partial charge in [-0.3, -0.25) is 4.90 Å². The summed E-state index contributed by atoms with van der Waals surface area (Å²) in [5.74, 6) is 1.23. The summed E-state index contributed by atoms with van der Waals surface area (Å²) in [5.41, 5.74) is 5.53.